The van der Waals surface area contributed by atoms with Gasteiger partial charge in [-0.2, -0.15) is 0 Å². The molecule has 1 amide bonds. The molecule has 0 aliphatic heterocycles. The van der Waals surface area contributed by atoms with Crippen molar-refractivity contribution in [3.05, 3.63) is 64.5 Å². The molecular weight excluding hydrogens is 426 g/mol. The highest BCUT2D eigenvalue weighted by Crippen LogP contribution is 2.34. The fraction of sp³-hybridized carbons (Fsp3) is 0.250. The third kappa shape index (κ3) is 4.43. The number of unbranched alkanes of at least 4 members (excludes halogenated alkanes) is 1. The van der Waals surface area contributed by atoms with Gasteiger partial charge in [-0.15, -0.1) is 22.7 Å². The number of thiazole rings is 1. The summed E-state index contributed by atoms with van der Waals surface area (Å²) in [5, 5.41) is 9.14. The number of carbonyl (C=O) groups is 1. The van der Waals surface area contributed by atoms with Gasteiger partial charge in [0.1, 0.15) is 10.8 Å². The largest absolute Gasteiger partial charge is 0.497 e. The van der Waals surface area contributed by atoms with Crippen molar-refractivity contribution in [2.45, 2.75) is 26.7 Å². The summed E-state index contributed by atoms with van der Waals surface area (Å²) in [5.74, 6) is 0.787. The summed E-state index contributed by atoms with van der Waals surface area (Å²) in [4.78, 5) is 17.7. The van der Waals surface area contributed by atoms with Crippen LogP contribution in [0.3, 0.4) is 0 Å². The van der Waals surface area contributed by atoms with Crippen molar-refractivity contribution in [3.8, 4) is 32.7 Å². The van der Waals surface area contributed by atoms with Crippen molar-refractivity contribution in [3.63, 3.8) is 0 Å². The van der Waals surface area contributed by atoms with Crippen LogP contribution in [0.25, 0.3) is 27.0 Å². The molecule has 0 fully saturated rings. The van der Waals surface area contributed by atoms with E-state index in [1.807, 2.05) is 48.7 Å². The molecule has 0 aliphatic rings. The summed E-state index contributed by atoms with van der Waals surface area (Å²) in [6.45, 7) is 4.80. The molecule has 160 valence electrons. The zero-order chi connectivity index (χ0) is 21.8. The summed E-state index contributed by atoms with van der Waals surface area (Å²) < 4.78 is 7.38. The summed E-state index contributed by atoms with van der Waals surface area (Å²) in [7, 11) is 1.66. The Kier molecular flexibility index (Phi) is 6.53. The number of aromatic nitrogens is 2. The van der Waals surface area contributed by atoms with Crippen LogP contribution >= 0.6 is 22.7 Å². The van der Waals surface area contributed by atoms with Gasteiger partial charge in [0.2, 0.25) is 0 Å². The highest BCUT2D eigenvalue weighted by atomic mass is 32.1. The fourth-order valence-corrected chi connectivity index (χ4v) is 5.05. The average Bonchev–Trinajstić information content (AvgIpc) is 3.53. The smallest absolute Gasteiger partial charge is 0.253 e. The summed E-state index contributed by atoms with van der Waals surface area (Å²) in [6.07, 6.45) is 2.02. The number of nitrogens with zero attached hydrogens (tertiary/aromatic N) is 2. The standard InChI is InChI=1S/C24H25N3O2S2/c1-4-5-12-25-23(28)19-14-21(27(16(19)2)22-7-6-13-30-22)20-15-31-24(26-20)17-8-10-18(29-3)11-9-17/h6-11,13-15H,4-5,12H2,1-3H3,(H,25,28). The van der Waals surface area contributed by atoms with Gasteiger partial charge in [-0.1, -0.05) is 13.3 Å². The molecule has 0 unspecified atom stereocenters. The van der Waals surface area contributed by atoms with Crippen LogP contribution in [0.4, 0.5) is 0 Å². The molecule has 4 aromatic rings. The van der Waals surface area contributed by atoms with E-state index in [-0.39, 0.29) is 5.91 Å². The lowest BCUT2D eigenvalue weighted by molar-refractivity contribution is 0.0952. The van der Waals surface area contributed by atoms with Gasteiger partial charge in [-0.25, -0.2) is 4.98 Å². The second-order valence-corrected chi connectivity index (χ2v) is 8.98. The van der Waals surface area contributed by atoms with Gasteiger partial charge in [-0.05, 0) is 61.2 Å². The summed E-state index contributed by atoms with van der Waals surface area (Å²) in [6, 6.07) is 13.9. The molecule has 31 heavy (non-hydrogen) atoms. The first-order chi connectivity index (χ1) is 15.1. The van der Waals surface area contributed by atoms with Crippen molar-refractivity contribution in [2.24, 2.45) is 0 Å². The Morgan fingerprint density at radius 3 is 2.68 bits per heavy atom. The molecule has 0 atom stereocenters. The van der Waals surface area contributed by atoms with E-state index in [9.17, 15) is 4.79 Å². The molecule has 4 rings (SSSR count). The molecule has 3 heterocycles. The van der Waals surface area contributed by atoms with Gasteiger partial charge in [-0.3, -0.25) is 4.79 Å². The van der Waals surface area contributed by atoms with Crippen molar-refractivity contribution < 1.29 is 9.53 Å². The van der Waals surface area contributed by atoms with Crippen LogP contribution in [0.15, 0.2) is 53.2 Å². The molecule has 0 aliphatic carbocycles. The third-order valence-corrected chi connectivity index (χ3v) is 6.88. The zero-order valence-electron chi connectivity index (χ0n) is 17.8. The number of benzene rings is 1. The van der Waals surface area contributed by atoms with Crippen LogP contribution < -0.4 is 10.1 Å². The summed E-state index contributed by atoms with van der Waals surface area (Å²) >= 11 is 3.24. The lowest BCUT2D eigenvalue weighted by Gasteiger charge is -2.08. The predicted molar refractivity (Wildman–Crippen MR) is 129 cm³/mol. The topological polar surface area (TPSA) is 56.1 Å². The molecule has 1 N–H and O–H groups in total. The first kappa shape index (κ1) is 21.3. The van der Waals surface area contributed by atoms with E-state index >= 15 is 0 Å². The van der Waals surface area contributed by atoms with E-state index < -0.39 is 0 Å². The minimum Gasteiger partial charge on any atom is -0.497 e. The highest BCUT2D eigenvalue weighted by molar-refractivity contribution is 7.13. The third-order valence-electron chi connectivity index (χ3n) is 5.14. The number of nitrogens with one attached hydrogen (secondary N) is 1. The zero-order valence-corrected chi connectivity index (χ0v) is 19.5. The van der Waals surface area contributed by atoms with Gasteiger partial charge >= 0.3 is 0 Å². The molecule has 0 bridgehead atoms. The Morgan fingerprint density at radius 2 is 2.00 bits per heavy atom. The van der Waals surface area contributed by atoms with Crippen molar-refractivity contribution >= 4 is 28.6 Å². The van der Waals surface area contributed by atoms with Crippen LogP contribution in [-0.2, 0) is 0 Å². The van der Waals surface area contributed by atoms with E-state index in [2.05, 4.69) is 28.3 Å². The molecule has 0 radical (unpaired) electrons. The first-order valence-corrected chi connectivity index (χ1v) is 12.0. The van der Waals surface area contributed by atoms with Crippen LogP contribution in [-0.4, -0.2) is 29.1 Å². The predicted octanol–water partition coefficient (Wildman–Crippen LogP) is 6.18. The second-order valence-electron chi connectivity index (χ2n) is 7.19. The lowest BCUT2D eigenvalue weighted by atomic mass is 10.2. The number of thiophene rings is 1. The Bertz CT molecular complexity index is 1160. The van der Waals surface area contributed by atoms with Crippen LogP contribution in [0.2, 0.25) is 0 Å². The van der Waals surface area contributed by atoms with Gasteiger partial charge in [0.25, 0.3) is 5.91 Å². The Hall–Kier alpha value is -2.90. The molecule has 5 nitrogen and oxygen atoms in total. The van der Waals surface area contributed by atoms with Crippen molar-refractivity contribution in [1.82, 2.24) is 14.9 Å². The van der Waals surface area contributed by atoms with E-state index in [4.69, 9.17) is 9.72 Å². The molecular formula is C24H25N3O2S2. The maximum absolute atomic E-state index is 12.8. The van der Waals surface area contributed by atoms with Gasteiger partial charge in [0.15, 0.2) is 0 Å². The SMILES string of the molecule is CCCCNC(=O)c1cc(-c2csc(-c3ccc(OC)cc3)n2)n(-c2cccs2)c1C. The first-order valence-electron chi connectivity index (χ1n) is 10.3. The molecule has 0 saturated carbocycles. The van der Waals surface area contributed by atoms with Crippen LogP contribution in [0, 0.1) is 6.92 Å². The number of hydrogen-bond donors (Lipinski definition) is 1. The Morgan fingerprint density at radius 1 is 1.19 bits per heavy atom. The van der Waals surface area contributed by atoms with Crippen molar-refractivity contribution in [1.29, 1.82) is 0 Å². The van der Waals surface area contributed by atoms with Gasteiger partial charge in [0.05, 0.1) is 29.1 Å². The highest BCUT2D eigenvalue weighted by Gasteiger charge is 2.21. The molecule has 0 spiro atoms. The number of amides is 1. The summed E-state index contributed by atoms with van der Waals surface area (Å²) in [5.41, 5.74) is 4.45. The minimum absolute atomic E-state index is 0.0342. The van der Waals surface area contributed by atoms with Crippen molar-refractivity contribution in [2.75, 3.05) is 13.7 Å². The quantitative estimate of drug-likeness (QED) is 0.326. The van der Waals surface area contributed by atoms with E-state index in [1.54, 1.807) is 29.8 Å². The maximum Gasteiger partial charge on any atom is 0.253 e. The molecule has 0 saturated heterocycles. The van der Waals surface area contributed by atoms with Gasteiger partial charge < -0.3 is 14.6 Å². The second kappa shape index (κ2) is 9.49. The van der Waals surface area contributed by atoms with Crippen LogP contribution in [0.1, 0.15) is 35.8 Å². The molecule has 7 heteroatoms. The fourth-order valence-electron chi connectivity index (χ4n) is 3.44. The van der Waals surface area contributed by atoms with E-state index in [0.29, 0.717) is 12.1 Å². The van der Waals surface area contributed by atoms with Gasteiger partial charge in [0, 0.05) is 23.2 Å². The number of hydrogen-bond acceptors (Lipinski definition) is 5. The molecule has 1 aromatic carbocycles. The number of methoxy groups -OCH3 is 1. The Labute approximate surface area is 190 Å². The lowest BCUT2D eigenvalue weighted by Crippen LogP contribution is -2.24. The van der Waals surface area contributed by atoms with Crippen LogP contribution in [0.5, 0.6) is 5.75 Å². The number of carbonyl (C=O) groups excluding carboxylic acids is 1. The van der Waals surface area contributed by atoms with E-state index in [0.717, 1.165) is 51.2 Å². The number of ether oxygens (including phenoxy) is 1. The number of rotatable bonds is 8. The molecule has 3 aromatic heterocycles. The minimum atomic E-state index is -0.0342. The Balaban J connectivity index is 1.73. The normalized spacial score (nSPS) is 10.9. The average molecular weight is 452 g/mol. The maximum atomic E-state index is 12.8. The van der Waals surface area contributed by atoms with E-state index in [1.165, 1.54) is 0 Å². The monoisotopic (exact) mass is 451 g/mol.